The SMILES string of the molecule is CC(C)OC1=NC=C1. The fraction of sp³-hybridized carbons (Fsp3) is 0.500. The van der Waals surface area contributed by atoms with Crippen LogP contribution in [0.3, 0.4) is 0 Å². The lowest BCUT2D eigenvalue weighted by atomic mass is 10.4. The first-order valence-electron chi connectivity index (χ1n) is 2.70. The Morgan fingerprint density at radius 3 is 2.38 bits per heavy atom. The van der Waals surface area contributed by atoms with Crippen molar-refractivity contribution in [2.24, 2.45) is 4.99 Å². The lowest BCUT2D eigenvalue weighted by Crippen LogP contribution is -2.11. The van der Waals surface area contributed by atoms with Gasteiger partial charge in [0.25, 0.3) is 0 Å². The maximum atomic E-state index is 5.15. The van der Waals surface area contributed by atoms with Gasteiger partial charge in [-0.3, -0.25) is 0 Å². The van der Waals surface area contributed by atoms with Crippen LogP contribution in [0, 0.1) is 0 Å². The summed E-state index contributed by atoms with van der Waals surface area (Å²) >= 11 is 0. The molecule has 0 atom stereocenters. The van der Waals surface area contributed by atoms with Crippen LogP contribution in [0.1, 0.15) is 13.8 Å². The molecule has 1 aliphatic rings. The molecule has 2 heteroatoms. The zero-order valence-electron chi connectivity index (χ0n) is 5.09. The Morgan fingerprint density at radius 2 is 2.25 bits per heavy atom. The Labute approximate surface area is 48.9 Å². The molecule has 0 saturated heterocycles. The normalized spacial score (nSPS) is 15.6. The largest absolute Gasteiger partial charge is 0.475 e. The van der Waals surface area contributed by atoms with Gasteiger partial charge in [0.05, 0.1) is 6.10 Å². The molecule has 0 N–H and O–H groups in total. The Hall–Kier alpha value is -0.790. The van der Waals surface area contributed by atoms with Crippen LogP contribution in [0.25, 0.3) is 0 Å². The minimum Gasteiger partial charge on any atom is -0.475 e. The van der Waals surface area contributed by atoms with E-state index < -0.39 is 0 Å². The molecule has 0 fully saturated rings. The summed E-state index contributed by atoms with van der Waals surface area (Å²) in [5.74, 6) is 0.750. The highest BCUT2D eigenvalue weighted by Gasteiger charge is 2.01. The summed E-state index contributed by atoms with van der Waals surface area (Å²) in [5, 5.41) is 0. The lowest BCUT2D eigenvalue weighted by Gasteiger charge is -2.10. The number of aliphatic imine (C=N–C) groups is 1. The molecule has 0 unspecified atom stereocenters. The van der Waals surface area contributed by atoms with Crippen molar-refractivity contribution in [2.75, 3.05) is 0 Å². The van der Waals surface area contributed by atoms with E-state index in [1.54, 1.807) is 6.20 Å². The predicted molar refractivity (Wildman–Crippen MR) is 32.8 cm³/mol. The van der Waals surface area contributed by atoms with E-state index >= 15 is 0 Å². The summed E-state index contributed by atoms with van der Waals surface area (Å²) in [4.78, 5) is 3.82. The molecule has 44 valence electrons. The number of rotatable bonds is 1. The summed E-state index contributed by atoms with van der Waals surface area (Å²) in [5.41, 5.74) is 0. The fourth-order valence-corrected chi connectivity index (χ4v) is 0.447. The second kappa shape index (κ2) is 1.99. The molecule has 2 nitrogen and oxygen atoms in total. The number of hydrogen-bond donors (Lipinski definition) is 0. The third-order valence-electron chi connectivity index (χ3n) is 0.775. The van der Waals surface area contributed by atoms with Crippen LogP contribution in [0.2, 0.25) is 0 Å². The van der Waals surface area contributed by atoms with Gasteiger partial charge >= 0.3 is 0 Å². The van der Waals surface area contributed by atoms with Gasteiger partial charge in [0, 0.05) is 12.3 Å². The van der Waals surface area contributed by atoms with Crippen molar-refractivity contribution in [2.45, 2.75) is 20.0 Å². The van der Waals surface area contributed by atoms with E-state index in [0.717, 1.165) is 5.90 Å². The van der Waals surface area contributed by atoms with Crippen LogP contribution in [0.4, 0.5) is 0 Å². The molecular weight excluding hydrogens is 102 g/mol. The van der Waals surface area contributed by atoms with Gasteiger partial charge < -0.3 is 4.74 Å². The van der Waals surface area contributed by atoms with Gasteiger partial charge in [0.15, 0.2) is 0 Å². The van der Waals surface area contributed by atoms with Gasteiger partial charge in [-0.2, -0.15) is 0 Å². The van der Waals surface area contributed by atoms with Crippen LogP contribution in [0.5, 0.6) is 0 Å². The topological polar surface area (TPSA) is 21.6 Å². The molecule has 1 heterocycles. The molecule has 0 aromatic carbocycles. The quantitative estimate of drug-likeness (QED) is 0.500. The van der Waals surface area contributed by atoms with E-state index in [1.165, 1.54) is 0 Å². The number of nitrogens with zero attached hydrogens (tertiary/aromatic N) is 1. The minimum absolute atomic E-state index is 0.249. The Bertz CT molecular complexity index is 135. The molecule has 0 aromatic rings. The first kappa shape index (κ1) is 5.35. The molecule has 0 amide bonds. The first-order valence-corrected chi connectivity index (χ1v) is 2.70. The van der Waals surface area contributed by atoms with Crippen molar-refractivity contribution >= 4 is 5.90 Å². The standard InChI is InChI=1S/C6H9NO/c1-5(2)8-6-3-4-7-6/h3-5H,1-2H3. The molecule has 8 heavy (non-hydrogen) atoms. The van der Waals surface area contributed by atoms with Crippen LogP contribution in [0.15, 0.2) is 17.3 Å². The Morgan fingerprint density at radius 1 is 1.62 bits per heavy atom. The number of hydrogen-bond acceptors (Lipinski definition) is 2. The highest BCUT2D eigenvalue weighted by molar-refractivity contribution is 5.92. The van der Waals surface area contributed by atoms with Crippen molar-refractivity contribution in [1.29, 1.82) is 0 Å². The van der Waals surface area contributed by atoms with Gasteiger partial charge in [-0.15, -0.1) is 0 Å². The maximum Gasteiger partial charge on any atom is 0.214 e. The van der Waals surface area contributed by atoms with Gasteiger partial charge in [0.1, 0.15) is 0 Å². The van der Waals surface area contributed by atoms with Crippen molar-refractivity contribution in [3.05, 3.63) is 12.3 Å². The average Bonchev–Trinajstić information content (AvgIpc) is 1.55. The maximum absolute atomic E-state index is 5.15. The van der Waals surface area contributed by atoms with E-state index in [2.05, 4.69) is 4.99 Å². The molecule has 1 rings (SSSR count). The second-order valence-electron chi connectivity index (χ2n) is 1.95. The van der Waals surface area contributed by atoms with Crippen molar-refractivity contribution in [3.8, 4) is 0 Å². The molecule has 0 bridgehead atoms. The van der Waals surface area contributed by atoms with Crippen LogP contribution >= 0.6 is 0 Å². The van der Waals surface area contributed by atoms with E-state index in [9.17, 15) is 0 Å². The highest BCUT2D eigenvalue weighted by Crippen LogP contribution is 2.00. The molecule has 0 radical (unpaired) electrons. The van der Waals surface area contributed by atoms with Gasteiger partial charge in [-0.05, 0) is 13.8 Å². The third-order valence-corrected chi connectivity index (χ3v) is 0.775. The zero-order valence-corrected chi connectivity index (χ0v) is 5.09. The Balaban J connectivity index is 2.20. The van der Waals surface area contributed by atoms with Crippen molar-refractivity contribution in [1.82, 2.24) is 0 Å². The summed E-state index contributed by atoms with van der Waals surface area (Å²) < 4.78 is 5.15. The van der Waals surface area contributed by atoms with E-state index in [0.29, 0.717) is 0 Å². The molecule has 0 aromatic heterocycles. The Kier molecular flexibility index (Phi) is 1.33. The summed E-state index contributed by atoms with van der Waals surface area (Å²) in [6, 6.07) is 0. The first-order chi connectivity index (χ1) is 3.79. The minimum atomic E-state index is 0.249. The van der Waals surface area contributed by atoms with Crippen LogP contribution in [-0.2, 0) is 4.74 Å². The van der Waals surface area contributed by atoms with Crippen LogP contribution < -0.4 is 0 Å². The van der Waals surface area contributed by atoms with Crippen molar-refractivity contribution < 1.29 is 4.74 Å². The van der Waals surface area contributed by atoms with E-state index in [1.807, 2.05) is 19.9 Å². The molecule has 1 aliphatic heterocycles. The summed E-state index contributed by atoms with van der Waals surface area (Å²) in [6.07, 6.45) is 3.82. The van der Waals surface area contributed by atoms with E-state index in [4.69, 9.17) is 4.74 Å². The lowest BCUT2D eigenvalue weighted by molar-refractivity contribution is 0.229. The number of ether oxygens (including phenoxy) is 1. The van der Waals surface area contributed by atoms with Gasteiger partial charge in [-0.1, -0.05) is 0 Å². The summed E-state index contributed by atoms with van der Waals surface area (Å²) in [7, 11) is 0. The van der Waals surface area contributed by atoms with Gasteiger partial charge in [-0.25, -0.2) is 4.99 Å². The second-order valence-corrected chi connectivity index (χ2v) is 1.95. The smallest absolute Gasteiger partial charge is 0.214 e. The predicted octanol–water partition coefficient (Wildman–Crippen LogP) is 1.34. The highest BCUT2D eigenvalue weighted by atomic mass is 16.5. The molecular formula is C6H9NO. The zero-order chi connectivity index (χ0) is 5.98. The van der Waals surface area contributed by atoms with Gasteiger partial charge in [0.2, 0.25) is 5.90 Å². The van der Waals surface area contributed by atoms with E-state index in [-0.39, 0.29) is 6.10 Å². The fourth-order valence-electron chi connectivity index (χ4n) is 0.447. The van der Waals surface area contributed by atoms with Crippen LogP contribution in [-0.4, -0.2) is 12.0 Å². The van der Waals surface area contributed by atoms with Crippen molar-refractivity contribution in [3.63, 3.8) is 0 Å². The monoisotopic (exact) mass is 111 g/mol. The third kappa shape index (κ3) is 1.09. The molecule has 0 spiro atoms. The summed E-state index contributed by atoms with van der Waals surface area (Å²) in [6.45, 7) is 3.96. The molecule has 0 aliphatic carbocycles. The average molecular weight is 111 g/mol. The molecule has 0 saturated carbocycles.